The van der Waals surface area contributed by atoms with Crippen LogP contribution < -0.4 is 5.73 Å². The summed E-state index contributed by atoms with van der Waals surface area (Å²) in [5.74, 6) is -0.595. The number of oxime groups is 1. The Kier molecular flexibility index (Phi) is 3.84. The van der Waals surface area contributed by atoms with E-state index in [-0.39, 0.29) is 5.84 Å². The number of para-hydroxylation sites is 1. The average Bonchev–Trinajstić information content (AvgIpc) is 3.24. The zero-order valence-electron chi connectivity index (χ0n) is 14.5. The van der Waals surface area contributed by atoms with Gasteiger partial charge in [-0.05, 0) is 37.3 Å². The van der Waals surface area contributed by atoms with E-state index in [0.29, 0.717) is 17.1 Å². The van der Waals surface area contributed by atoms with E-state index in [1.807, 2.05) is 58.7 Å². The Balaban J connectivity index is 2.20. The molecule has 0 saturated carbocycles. The normalized spacial score (nSPS) is 12.0. The van der Waals surface area contributed by atoms with Crippen molar-refractivity contribution in [3.63, 3.8) is 0 Å². The van der Waals surface area contributed by atoms with Crippen molar-refractivity contribution in [3.05, 3.63) is 77.9 Å². The highest BCUT2D eigenvalue weighted by Gasteiger charge is 2.23. The molecule has 0 spiro atoms. The van der Waals surface area contributed by atoms with Crippen molar-refractivity contribution in [3.8, 4) is 17.3 Å². The SMILES string of the molecule is Cc1cccn1-c1c(/C(N)=N/O)c2ccccc2n1-c1ccc(O)c(F)c1. The van der Waals surface area contributed by atoms with Gasteiger partial charge in [0.05, 0.1) is 16.8 Å². The first-order chi connectivity index (χ1) is 13.0. The number of aryl methyl sites for hydroxylation is 1. The lowest BCUT2D eigenvalue weighted by Crippen LogP contribution is -2.17. The number of phenolic OH excluding ortho intramolecular Hbond substituents is 1. The molecule has 0 aliphatic rings. The van der Waals surface area contributed by atoms with Gasteiger partial charge < -0.3 is 20.6 Å². The second kappa shape index (κ2) is 6.21. The van der Waals surface area contributed by atoms with Gasteiger partial charge in [-0.15, -0.1) is 0 Å². The van der Waals surface area contributed by atoms with Crippen LogP contribution in [0, 0.1) is 12.7 Å². The minimum Gasteiger partial charge on any atom is -0.505 e. The van der Waals surface area contributed by atoms with Gasteiger partial charge in [-0.25, -0.2) is 4.39 Å². The minimum absolute atomic E-state index is 0.0488. The van der Waals surface area contributed by atoms with Crippen molar-refractivity contribution < 1.29 is 14.7 Å². The van der Waals surface area contributed by atoms with Gasteiger partial charge in [0, 0.05) is 23.3 Å². The van der Waals surface area contributed by atoms with E-state index in [2.05, 4.69) is 5.16 Å². The molecule has 4 aromatic rings. The largest absolute Gasteiger partial charge is 0.505 e. The van der Waals surface area contributed by atoms with Gasteiger partial charge in [0.25, 0.3) is 0 Å². The molecule has 4 rings (SSSR count). The predicted molar refractivity (Wildman–Crippen MR) is 101 cm³/mol. The maximum atomic E-state index is 14.1. The summed E-state index contributed by atoms with van der Waals surface area (Å²) in [6, 6.07) is 15.4. The molecule has 0 amide bonds. The molecule has 4 N–H and O–H groups in total. The van der Waals surface area contributed by atoms with E-state index in [9.17, 15) is 14.7 Å². The first-order valence-corrected chi connectivity index (χ1v) is 8.27. The lowest BCUT2D eigenvalue weighted by atomic mass is 10.1. The molecule has 136 valence electrons. The van der Waals surface area contributed by atoms with Crippen LogP contribution in [-0.4, -0.2) is 25.3 Å². The van der Waals surface area contributed by atoms with Crippen LogP contribution in [0.15, 0.2) is 65.9 Å². The number of aromatic hydroxyl groups is 1. The Morgan fingerprint density at radius 3 is 2.56 bits per heavy atom. The fourth-order valence-electron chi connectivity index (χ4n) is 3.36. The van der Waals surface area contributed by atoms with Crippen LogP contribution in [0.4, 0.5) is 4.39 Å². The number of fused-ring (bicyclic) bond motifs is 1. The monoisotopic (exact) mass is 364 g/mol. The summed E-state index contributed by atoms with van der Waals surface area (Å²) in [5, 5.41) is 22.9. The molecule has 2 aromatic carbocycles. The molecule has 6 nitrogen and oxygen atoms in total. The van der Waals surface area contributed by atoms with E-state index in [1.54, 1.807) is 6.07 Å². The Labute approximate surface area is 154 Å². The maximum absolute atomic E-state index is 14.1. The van der Waals surface area contributed by atoms with Crippen molar-refractivity contribution in [1.82, 2.24) is 9.13 Å². The average molecular weight is 364 g/mol. The van der Waals surface area contributed by atoms with Crippen LogP contribution in [0.1, 0.15) is 11.3 Å². The fourth-order valence-corrected chi connectivity index (χ4v) is 3.36. The fraction of sp³-hybridized carbons (Fsp3) is 0.0500. The van der Waals surface area contributed by atoms with E-state index in [4.69, 9.17) is 5.73 Å². The van der Waals surface area contributed by atoms with Crippen molar-refractivity contribution >= 4 is 16.7 Å². The van der Waals surface area contributed by atoms with Crippen molar-refractivity contribution in [2.24, 2.45) is 10.9 Å². The molecule has 7 heteroatoms. The van der Waals surface area contributed by atoms with Gasteiger partial charge in [-0.1, -0.05) is 23.4 Å². The number of benzene rings is 2. The smallest absolute Gasteiger partial charge is 0.174 e. The summed E-state index contributed by atoms with van der Waals surface area (Å²) in [6.45, 7) is 1.93. The van der Waals surface area contributed by atoms with Crippen LogP contribution in [0.5, 0.6) is 5.75 Å². The third-order valence-corrected chi connectivity index (χ3v) is 4.58. The van der Waals surface area contributed by atoms with Gasteiger partial charge in [0.2, 0.25) is 0 Å². The molecular weight excluding hydrogens is 347 g/mol. The van der Waals surface area contributed by atoms with E-state index >= 15 is 0 Å². The lowest BCUT2D eigenvalue weighted by Gasteiger charge is -2.15. The summed E-state index contributed by atoms with van der Waals surface area (Å²) in [4.78, 5) is 0. The molecule has 0 unspecified atom stereocenters. The molecule has 0 aliphatic heterocycles. The van der Waals surface area contributed by atoms with Gasteiger partial charge >= 0.3 is 0 Å². The molecule has 0 radical (unpaired) electrons. The third-order valence-electron chi connectivity index (χ3n) is 4.58. The second-order valence-corrected chi connectivity index (χ2v) is 6.19. The summed E-state index contributed by atoms with van der Waals surface area (Å²) in [5.41, 5.74) is 8.73. The van der Waals surface area contributed by atoms with Gasteiger partial charge in [-0.2, -0.15) is 0 Å². The lowest BCUT2D eigenvalue weighted by molar-refractivity contribution is 0.318. The van der Waals surface area contributed by atoms with Gasteiger partial charge in [-0.3, -0.25) is 4.57 Å². The van der Waals surface area contributed by atoms with E-state index in [0.717, 1.165) is 16.6 Å². The molecule has 27 heavy (non-hydrogen) atoms. The van der Waals surface area contributed by atoms with Crippen LogP contribution >= 0.6 is 0 Å². The first-order valence-electron chi connectivity index (χ1n) is 8.27. The Bertz CT molecular complexity index is 1190. The number of hydrogen-bond donors (Lipinski definition) is 3. The zero-order chi connectivity index (χ0) is 19.1. The van der Waals surface area contributed by atoms with Gasteiger partial charge in [0.1, 0.15) is 5.82 Å². The van der Waals surface area contributed by atoms with Crippen LogP contribution in [0.3, 0.4) is 0 Å². The molecule has 0 bridgehead atoms. The van der Waals surface area contributed by atoms with Crippen LogP contribution in [0.25, 0.3) is 22.4 Å². The van der Waals surface area contributed by atoms with Crippen LogP contribution in [0.2, 0.25) is 0 Å². The predicted octanol–water partition coefficient (Wildman–Crippen LogP) is 3.67. The number of phenols is 1. The molecule has 0 fully saturated rings. The molecule has 2 heterocycles. The Morgan fingerprint density at radius 2 is 1.89 bits per heavy atom. The minimum atomic E-state index is -0.731. The summed E-state index contributed by atoms with van der Waals surface area (Å²) in [6.07, 6.45) is 1.85. The second-order valence-electron chi connectivity index (χ2n) is 6.19. The molecule has 0 atom stereocenters. The molecule has 2 aromatic heterocycles. The standard InChI is InChI=1S/C20H17FN4O2/c1-12-5-4-10-24(12)20-18(19(22)23-27)14-6-2-3-7-16(14)25(20)13-8-9-17(26)15(21)11-13/h2-11,26-27H,1H3,(H2,22,23). The highest BCUT2D eigenvalue weighted by molar-refractivity contribution is 6.12. The molecular formula is C20H17FN4O2. The Hall–Kier alpha value is -3.74. The maximum Gasteiger partial charge on any atom is 0.174 e. The summed E-state index contributed by atoms with van der Waals surface area (Å²) >= 11 is 0. The van der Waals surface area contributed by atoms with E-state index in [1.165, 1.54) is 12.1 Å². The van der Waals surface area contributed by atoms with Crippen molar-refractivity contribution in [1.29, 1.82) is 0 Å². The Morgan fingerprint density at radius 1 is 1.11 bits per heavy atom. The van der Waals surface area contributed by atoms with Crippen molar-refractivity contribution in [2.75, 3.05) is 0 Å². The number of nitrogens with two attached hydrogens (primary N) is 1. The number of amidine groups is 1. The summed E-state index contributed by atoms with van der Waals surface area (Å²) < 4.78 is 17.8. The number of hydrogen-bond acceptors (Lipinski definition) is 3. The van der Waals surface area contributed by atoms with E-state index < -0.39 is 11.6 Å². The van der Waals surface area contributed by atoms with Crippen LogP contribution in [-0.2, 0) is 0 Å². The zero-order valence-corrected chi connectivity index (χ0v) is 14.5. The number of nitrogens with zero attached hydrogens (tertiary/aromatic N) is 3. The molecule has 0 saturated heterocycles. The number of rotatable bonds is 3. The topological polar surface area (TPSA) is 88.7 Å². The number of halogens is 1. The van der Waals surface area contributed by atoms with Gasteiger partial charge in [0.15, 0.2) is 17.4 Å². The molecule has 0 aliphatic carbocycles. The highest BCUT2D eigenvalue weighted by Crippen LogP contribution is 2.34. The first kappa shape index (κ1) is 16.7. The number of aromatic nitrogens is 2. The highest BCUT2D eigenvalue weighted by atomic mass is 19.1. The quantitative estimate of drug-likeness (QED) is 0.224. The van der Waals surface area contributed by atoms with Crippen molar-refractivity contribution in [2.45, 2.75) is 6.92 Å². The summed E-state index contributed by atoms with van der Waals surface area (Å²) in [7, 11) is 0. The third kappa shape index (κ3) is 2.52.